The molecule has 0 unspecified atom stereocenters. The quantitative estimate of drug-likeness (QED) is 0.354. The van der Waals surface area contributed by atoms with E-state index in [2.05, 4.69) is 20.4 Å². The van der Waals surface area contributed by atoms with Crippen LogP contribution >= 0.6 is 23.1 Å². The predicted molar refractivity (Wildman–Crippen MR) is 127 cm³/mol. The highest BCUT2D eigenvalue weighted by molar-refractivity contribution is 7.98. The van der Waals surface area contributed by atoms with Crippen molar-refractivity contribution in [2.24, 2.45) is 12.8 Å². The third-order valence-corrected chi connectivity index (χ3v) is 7.14. The van der Waals surface area contributed by atoms with Gasteiger partial charge in [-0.2, -0.15) is 0 Å². The van der Waals surface area contributed by atoms with Gasteiger partial charge in [-0.3, -0.25) is 18.6 Å². The van der Waals surface area contributed by atoms with Crippen LogP contribution in [-0.2, 0) is 24.1 Å². The molecule has 1 aromatic carbocycles. The van der Waals surface area contributed by atoms with Gasteiger partial charge in [-0.25, -0.2) is 0 Å². The van der Waals surface area contributed by atoms with Crippen LogP contribution < -0.4 is 11.3 Å². The topological polar surface area (TPSA) is 126 Å². The molecule has 0 fully saturated rings. The smallest absolute Gasteiger partial charge is 0.262 e. The summed E-state index contributed by atoms with van der Waals surface area (Å²) in [6, 6.07) is 9.67. The second kappa shape index (κ2) is 8.45. The molecule has 0 aliphatic heterocycles. The largest absolute Gasteiger partial charge is 0.370 e. The van der Waals surface area contributed by atoms with Crippen LogP contribution in [0.1, 0.15) is 17.8 Å². The number of fused-ring (bicyclic) bond motifs is 3. The Morgan fingerprint density at radius 3 is 2.79 bits per heavy atom. The molecule has 0 bridgehead atoms. The van der Waals surface area contributed by atoms with Gasteiger partial charge in [0.05, 0.1) is 21.5 Å². The minimum atomic E-state index is -0.386. The lowest BCUT2D eigenvalue weighted by atomic mass is 10.1. The van der Waals surface area contributed by atoms with Gasteiger partial charge in [-0.1, -0.05) is 29.5 Å². The monoisotopic (exact) mass is 480 g/mol. The molecule has 0 atom stereocenters. The molecule has 5 aromatic rings. The van der Waals surface area contributed by atoms with Crippen LogP contribution in [0.5, 0.6) is 0 Å². The molecule has 4 aromatic heterocycles. The average molecular weight is 481 g/mol. The van der Waals surface area contributed by atoms with E-state index in [0.29, 0.717) is 40.3 Å². The number of carbonyl (C=O) groups is 1. The zero-order chi connectivity index (χ0) is 23.1. The first-order valence-electron chi connectivity index (χ1n) is 10.2. The molecule has 0 aliphatic rings. The highest BCUT2D eigenvalue weighted by Crippen LogP contribution is 2.29. The summed E-state index contributed by atoms with van der Waals surface area (Å²) < 4.78 is 5.31. The number of hydrogen-bond donors (Lipinski definition) is 1. The van der Waals surface area contributed by atoms with E-state index in [4.69, 9.17) is 5.73 Å². The van der Waals surface area contributed by atoms with Crippen LogP contribution in [0.2, 0.25) is 0 Å². The number of aryl methyl sites for hydroxylation is 2. The van der Waals surface area contributed by atoms with Crippen LogP contribution in [0.3, 0.4) is 0 Å². The predicted octanol–water partition coefficient (Wildman–Crippen LogP) is 2.38. The summed E-state index contributed by atoms with van der Waals surface area (Å²) in [4.78, 5) is 25.2. The molecule has 1 amide bonds. The number of amides is 1. The van der Waals surface area contributed by atoms with Crippen molar-refractivity contribution in [3.8, 4) is 10.7 Å². The van der Waals surface area contributed by atoms with Gasteiger partial charge in [0.25, 0.3) is 5.56 Å². The maximum Gasteiger partial charge on any atom is 0.262 e. The zero-order valence-electron chi connectivity index (χ0n) is 17.9. The van der Waals surface area contributed by atoms with Crippen LogP contribution in [0.25, 0.3) is 27.4 Å². The number of primary amides is 1. The van der Waals surface area contributed by atoms with E-state index < -0.39 is 0 Å². The second-order valence-corrected chi connectivity index (χ2v) is 9.47. The maximum absolute atomic E-state index is 12.8. The minimum Gasteiger partial charge on any atom is -0.370 e. The molecule has 0 spiro atoms. The molecule has 168 valence electrons. The van der Waals surface area contributed by atoms with Gasteiger partial charge >= 0.3 is 0 Å². The van der Waals surface area contributed by atoms with E-state index >= 15 is 0 Å². The Labute approximate surface area is 196 Å². The van der Waals surface area contributed by atoms with Crippen molar-refractivity contribution in [2.75, 3.05) is 0 Å². The number of benzene rings is 1. The Balaban J connectivity index is 1.54. The van der Waals surface area contributed by atoms with Crippen molar-refractivity contribution < 1.29 is 4.79 Å². The molecule has 5 rings (SSSR count). The lowest BCUT2D eigenvalue weighted by Crippen LogP contribution is -2.20. The van der Waals surface area contributed by atoms with Crippen LogP contribution in [0.15, 0.2) is 45.7 Å². The summed E-state index contributed by atoms with van der Waals surface area (Å²) in [5.41, 5.74) is 7.04. The number of rotatable bonds is 7. The maximum atomic E-state index is 12.8. The molecule has 10 nitrogen and oxygen atoms in total. The molecule has 4 heterocycles. The molecule has 12 heteroatoms. The molecule has 0 saturated carbocycles. The van der Waals surface area contributed by atoms with Gasteiger partial charge in [0.1, 0.15) is 5.82 Å². The lowest BCUT2D eigenvalue weighted by Gasteiger charge is -2.09. The third kappa shape index (κ3) is 3.80. The number of thiophene rings is 1. The van der Waals surface area contributed by atoms with Crippen molar-refractivity contribution in [1.82, 2.24) is 33.9 Å². The van der Waals surface area contributed by atoms with Gasteiger partial charge in [0, 0.05) is 20.0 Å². The van der Waals surface area contributed by atoms with Crippen molar-refractivity contribution in [2.45, 2.75) is 30.8 Å². The summed E-state index contributed by atoms with van der Waals surface area (Å²) in [6.45, 7) is 2.34. The number of carbonyl (C=O) groups excluding carboxylic acids is 1. The molecule has 0 radical (unpaired) electrons. The first-order valence-corrected chi connectivity index (χ1v) is 12.0. The van der Waals surface area contributed by atoms with Gasteiger partial charge in [-0.05, 0) is 30.5 Å². The summed E-state index contributed by atoms with van der Waals surface area (Å²) in [7, 11) is 1.69. The molecular formula is C21H20N8O2S2. The Morgan fingerprint density at radius 2 is 2.03 bits per heavy atom. The van der Waals surface area contributed by atoms with Gasteiger partial charge < -0.3 is 10.3 Å². The first kappa shape index (κ1) is 21.3. The third-order valence-electron chi connectivity index (χ3n) is 5.31. The van der Waals surface area contributed by atoms with E-state index in [9.17, 15) is 9.59 Å². The summed E-state index contributed by atoms with van der Waals surface area (Å²) in [6.07, 6.45) is 0.184. The number of aromatic nitrogens is 7. The minimum absolute atomic E-state index is 0.111. The number of nitrogens with two attached hydrogens (primary N) is 1. The first-order chi connectivity index (χ1) is 15.9. The van der Waals surface area contributed by atoms with E-state index in [0.717, 1.165) is 16.0 Å². The van der Waals surface area contributed by atoms with E-state index in [1.165, 1.54) is 16.3 Å². The van der Waals surface area contributed by atoms with E-state index in [1.807, 2.05) is 51.6 Å². The van der Waals surface area contributed by atoms with Crippen LogP contribution in [0, 0.1) is 6.92 Å². The average Bonchev–Trinajstić information content (AvgIpc) is 3.54. The van der Waals surface area contributed by atoms with E-state index in [-0.39, 0.29) is 17.9 Å². The molecule has 2 N–H and O–H groups in total. The summed E-state index contributed by atoms with van der Waals surface area (Å²) in [5.74, 6) is 1.91. The number of thioether (sulfide) groups is 1. The van der Waals surface area contributed by atoms with E-state index in [1.54, 1.807) is 18.4 Å². The Bertz CT molecular complexity index is 1550. The van der Waals surface area contributed by atoms with Gasteiger partial charge in [0.2, 0.25) is 11.7 Å². The van der Waals surface area contributed by atoms with Crippen molar-refractivity contribution in [3.05, 3.63) is 57.5 Å². The normalized spacial score (nSPS) is 11.6. The van der Waals surface area contributed by atoms with Crippen molar-refractivity contribution in [1.29, 1.82) is 0 Å². The highest BCUT2D eigenvalue weighted by atomic mass is 32.2. The standard InChI is InChI=1S/C21H20N8O2S2/c1-12-5-6-14-13(10-12)19(31)27(2)20-25-23-17(29(14)20)11-33-21-26-24-18(15-4-3-9-32-15)28(21)8-7-16(22)30/h3-6,9-10H,7-8,11H2,1-2H3,(H2,22,30). The van der Waals surface area contributed by atoms with Crippen LogP contribution in [0.4, 0.5) is 0 Å². The molecular weight excluding hydrogens is 460 g/mol. The van der Waals surface area contributed by atoms with Crippen molar-refractivity contribution in [3.63, 3.8) is 0 Å². The fourth-order valence-corrected chi connectivity index (χ4v) is 5.28. The second-order valence-electron chi connectivity index (χ2n) is 7.58. The van der Waals surface area contributed by atoms with Crippen LogP contribution in [-0.4, -0.2) is 39.8 Å². The molecule has 0 saturated heterocycles. The fourth-order valence-electron chi connectivity index (χ4n) is 3.69. The Kier molecular flexibility index (Phi) is 5.46. The molecule has 0 aliphatic carbocycles. The Hall–Kier alpha value is -3.51. The number of nitrogens with zero attached hydrogens (tertiary/aromatic N) is 7. The fraction of sp³-hybridized carbons (Fsp3) is 0.238. The van der Waals surface area contributed by atoms with Crippen molar-refractivity contribution >= 4 is 45.7 Å². The zero-order valence-corrected chi connectivity index (χ0v) is 19.6. The number of hydrogen-bond acceptors (Lipinski definition) is 8. The summed E-state index contributed by atoms with van der Waals surface area (Å²) in [5, 5.41) is 20.5. The van der Waals surface area contributed by atoms with Gasteiger partial charge in [-0.15, -0.1) is 31.7 Å². The lowest BCUT2D eigenvalue weighted by molar-refractivity contribution is -0.118. The SMILES string of the molecule is Cc1ccc2c(c1)c(=O)n(C)c1nnc(CSc3nnc(-c4cccs4)n3CCC(N)=O)n21. The Morgan fingerprint density at radius 1 is 1.18 bits per heavy atom. The molecule has 33 heavy (non-hydrogen) atoms. The summed E-state index contributed by atoms with van der Waals surface area (Å²) >= 11 is 3.00. The van der Waals surface area contributed by atoms with Gasteiger partial charge in [0.15, 0.2) is 11.0 Å². The highest BCUT2D eigenvalue weighted by Gasteiger charge is 2.19.